The summed E-state index contributed by atoms with van der Waals surface area (Å²) in [5.74, 6) is -1.94. The lowest BCUT2D eigenvalue weighted by Crippen LogP contribution is -2.18. The lowest BCUT2D eigenvalue weighted by Gasteiger charge is -2.14. The first kappa shape index (κ1) is 8.35. The topological polar surface area (TPSA) is 20.2 Å². The van der Waals surface area contributed by atoms with Gasteiger partial charge in [0.25, 0.3) is 0 Å². The summed E-state index contributed by atoms with van der Waals surface area (Å²) >= 11 is 0. The lowest BCUT2D eigenvalue weighted by atomic mass is 9.98. The molecule has 2 rings (SSSR count). The first-order valence-electron chi connectivity index (χ1n) is 4.26. The molecule has 0 amide bonds. The number of rotatable bonds is 0. The molecule has 1 nitrogen and oxygen atoms in total. The molecule has 70 valence electrons. The van der Waals surface area contributed by atoms with Crippen LogP contribution in [0.25, 0.3) is 0 Å². The van der Waals surface area contributed by atoms with E-state index in [1.54, 1.807) is 0 Å². The Morgan fingerprint density at radius 3 is 2.33 bits per heavy atom. The molecule has 2 saturated carbocycles. The molecule has 0 aromatic rings. The number of hydrogen-bond donors (Lipinski definition) is 1. The highest BCUT2D eigenvalue weighted by molar-refractivity contribution is 5.06. The molecule has 2 aliphatic rings. The second-order valence-electron chi connectivity index (χ2n) is 3.81. The van der Waals surface area contributed by atoms with Gasteiger partial charge < -0.3 is 5.11 Å². The van der Waals surface area contributed by atoms with Crippen molar-refractivity contribution in [3.63, 3.8) is 0 Å². The quantitative estimate of drug-likeness (QED) is 0.604. The second-order valence-corrected chi connectivity index (χ2v) is 3.81. The van der Waals surface area contributed by atoms with Gasteiger partial charge in [-0.3, -0.25) is 0 Å². The normalized spacial score (nSPS) is 47.0. The van der Waals surface area contributed by atoms with Crippen LogP contribution in [0.4, 0.5) is 13.2 Å². The summed E-state index contributed by atoms with van der Waals surface area (Å²) in [6, 6.07) is 0. The van der Waals surface area contributed by atoms with Crippen molar-refractivity contribution in [2.75, 3.05) is 0 Å². The van der Waals surface area contributed by atoms with Gasteiger partial charge in [0.1, 0.15) is 0 Å². The van der Waals surface area contributed by atoms with E-state index in [2.05, 4.69) is 0 Å². The van der Waals surface area contributed by atoms with Gasteiger partial charge in [0.2, 0.25) is 0 Å². The molecule has 0 bridgehead atoms. The number of hydrogen-bond acceptors (Lipinski definition) is 1. The van der Waals surface area contributed by atoms with Gasteiger partial charge in [-0.1, -0.05) is 6.42 Å². The Morgan fingerprint density at radius 2 is 1.83 bits per heavy atom. The number of aliphatic hydroxyl groups is 1. The van der Waals surface area contributed by atoms with Crippen LogP contribution in [0.1, 0.15) is 19.3 Å². The van der Waals surface area contributed by atoms with Gasteiger partial charge >= 0.3 is 6.18 Å². The molecule has 1 N–H and O–H groups in total. The van der Waals surface area contributed by atoms with Crippen LogP contribution in [0, 0.1) is 17.8 Å². The van der Waals surface area contributed by atoms with Crippen LogP contribution in [-0.4, -0.2) is 17.4 Å². The third-order valence-electron chi connectivity index (χ3n) is 3.09. The van der Waals surface area contributed by atoms with E-state index >= 15 is 0 Å². The van der Waals surface area contributed by atoms with E-state index in [1.165, 1.54) is 0 Å². The van der Waals surface area contributed by atoms with E-state index in [0.29, 0.717) is 12.8 Å². The molecule has 0 aromatic heterocycles. The summed E-state index contributed by atoms with van der Waals surface area (Å²) in [4.78, 5) is 0. The SMILES string of the molecule is O[C@@H]1CCC[C@H]2[C@H]1[C@@H]2C(F)(F)F. The average Bonchev–Trinajstić information content (AvgIpc) is 2.60. The lowest BCUT2D eigenvalue weighted by molar-refractivity contribution is -0.156. The number of fused-ring (bicyclic) bond motifs is 1. The zero-order valence-electron chi connectivity index (χ0n) is 6.51. The molecular formula is C8H11F3O. The monoisotopic (exact) mass is 180 g/mol. The second kappa shape index (κ2) is 2.37. The zero-order valence-corrected chi connectivity index (χ0v) is 6.51. The van der Waals surface area contributed by atoms with E-state index in [-0.39, 0.29) is 5.92 Å². The maximum Gasteiger partial charge on any atom is 0.392 e. The van der Waals surface area contributed by atoms with Gasteiger partial charge in [0, 0.05) is 0 Å². The van der Waals surface area contributed by atoms with Gasteiger partial charge in [-0.25, -0.2) is 0 Å². The smallest absolute Gasteiger partial charge is 0.392 e. The minimum Gasteiger partial charge on any atom is -0.393 e. The standard InChI is InChI=1S/C8H11F3O/c9-8(10,11)7-4-2-1-3-5(12)6(4)7/h4-7,12H,1-3H2/t4-,5+,6+,7+/m0/s1. The van der Waals surface area contributed by atoms with Gasteiger partial charge in [-0.05, 0) is 24.7 Å². The van der Waals surface area contributed by atoms with Crippen molar-refractivity contribution in [3.05, 3.63) is 0 Å². The maximum absolute atomic E-state index is 12.2. The summed E-state index contributed by atoms with van der Waals surface area (Å²) in [6.45, 7) is 0. The molecule has 0 unspecified atom stereocenters. The highest BCUT2D eigenvalue weighted by Crippen LogP contribution is 2.61. The molecule has 12 heavy (non-hydrogen) atoms. The van der Waals surface area contributed by atoms with Crippen molar-refractivity contribution in [3.8, 4) is 0 Å². The van der Waals surface area contributed by atoms with Crippen LogP contribution < -0.4 is 0 Å². The van der Waals surface area contributed by atoms with E-state index in [9.17, 15) is 18.3 Å². The van der Waals surface area contributed by atoms with Crippen LogP contribution in [0.15, 0.2) is 0 Å². The fraction of sp³-hybridized carbons (Fsp3) is 1.00. The van der Waals surface area contributed by atoms with Crippen LogP contribution in [0.3, 0.4) is 0 Å². The van der Waals surface area contributed by atoms with E-state index < -0.39 is 24.1 Å². The summed E-state index contributed by atoms with van der Waals surface area (Å²) in [5.41, 5.74) is 0. The molecule has 0 saturated heterocycles. The molecule has 0 aliphatic heterocycles. The van der Waals surface area contributed by atoms with Crippen molar-refractivity contribution in [2.45, 2.75) is 31.5 Å². The number of aliphatic hydroxyl groups excluding tert-OH is 1. The van der Waals surface area contributed by atoms with E-state index in [0.717, 1.165) is 6.42 Å². The van der Waals surface area contributed by atoms with Gasteiger partial charge in [-0.15, -0.1) is 0 Å². The van der Waals surface area contributed by atoms with Crippen LogP contribution >= 0.6 is 0 Å². The molecule has 2 aliphatic carbocycles. The predicted octanol–water partition coefficient (Wildman–Crippen LogP) is 1.96. The highest BCUT2D eigenvalue weighted by atomic mass is 19.4. The Labute approximate surface area is 68.6 Å². The fourth-order valence-electron chi connectivity index (χ4n) is 2.51. The van der Waals surface area contributed by atoms with Crippen molar-refractivity contribution in [1.29, 1.82) is 0 Å². The molecule has 2 fully saturated rings. The third kappa shape index (κ3) is 1.13. The molecule has 4 heteroatoms. The number of alkyl halides is 3. The molecule has 0 spiro atoms. The van der Waals surface area contributed by atoms with Crippen LogP contribution in [0.5, 0.6) is 0 Å². The Bertz CT molecular complexity index is 189. The summed E-state index contributed by atoms with van der Waals surface area (Å²) < 4.78 is 36.6. The number of halogens is 3. The van der Waals surface area contributed by atoms with Crippen molar-refractivity contribution in [2.24, 2.45) is 17.8 Å². The van der Waals surface area contributed by atoms with E-state index in [1.807, 2.05) is 0 Å². The highest BCUT2D eigenvalue weighted by Gasteiger charge is 2.66. The average molecular weight is 180 g/mol. The predicted molar refractivity (Wildman–Crippen MR) is 36.4 cm³/mol. The minimum atomic E-state index is -4.08. The van der Waals surface area contributed by atoms with Crippen LogP contribution in [0.2, 0.25) is 0 Å². The van der Waals surface area contributed by atoms with Crippen molar-refractivity contribution in [1.82, 2.24) is 0 Å². The van der Waals surface area contributed by atoms with Gasteiger partial charge in [0.15, 0.2) is 0 Å². The molecular weight excluding hydrogens is 169 g/mol. The summed E-state index contributed by atoms with van der Waals surface area (Å²) in [6.07, 6.45) is -2.84. The first-order valence-corrected chi connectivity index (χ1v) is 4.26. The van der Waals surface area contributed by atoms with Crippen molar-refractivity contribution < 1.29 is 18.3 Å². The fourth-order valence-corrected chi connectivity index (χ4v) is 2.51. The zero-order chi connectivity index (χ0) is 8.93. The summed E-state index contributed by atoms with van der Waals surface area (Å²) in [7, 11) is 0. The minimum absolute atomic E-state index is 0.270. The first-order chi connectivity index (χ1) is 5.52. The summed E-state index contributed by atoms with van der Waals surface area (Å²) in [5, 5.41) is 9.25. The largest absolute Gasteiger partial charge is 0.393 e. The molecule has 0 heterocycles. The molecule has 0 radical (unpaired) electrons. The molecule has 4 atom stereocenters. The maximum atomic E-state index is 12.2. The Balaban J connectivity index is 2.05. The van der Waals surface area contributed by atoms with E-state index in [4.69, 9.17) is 0 Å². The van der Waals surface area contributed by atoms with Crippen LogP contribution in [-0.2, 0) is 0 Å². The van der Waals surface area contributed by atoms with Crippen molar-refractivity contribution >= 4 is 0 Å². The molecule has 0 aromatic carbocycles. The Kier molecular flexibility index (Phi) is 1.65. The third-order valence-corrected chi connectivity index (χ3v) is 3.09. The van der Waals surface area contributed by atoms with Gasteiger partial charge in [-0.2, -0.15) is 13.2 Å². The Morgan fingerprint density at radius 1 is 1.17 bits per heavy atom. The van der Waals surface area contributed by atoms with Gasteiger partial charge in [0.05, 0.1) is 12.0 Å². The Hall–Kier alpha value is -0.250.